The minimum atomic E-state index is -1.18. The van der Waals surface area contributed by atoms with E-state index in [0.29, 0.717) is 68.0 Å². The van der Waals surface area contributed by atoms with Gasteiger partial charge in [0.1, 0.15) is 42.3 Å². The Balaban J connectivity index is 3.17. The molecule has 0 bridgehead atoms. The lowest BCUT2D eigenvalue weighted by Crippen LogP contribution is -2.59. The SMILES string of the molecule is CC(C)CC(NC(=O)C(CCCCN)NC(=O)c1cc(S)cc(S)c1)C(=O)NC(C)C(=O)NC(CCCCN)C(=O)NC(CC(C)C)C(=O)NC(C)C(=O)NC(CCCCN)C(N)=O. The second-order valence-corrected chi connectivity index (χ2v) is 18.0. The average molecular weight is 938 g/mol. The molecule has 1 rings (SSSR count). The lowest BCUT2D eigenvalue weighted by Gasteiger charge is -2.27. The molecule has 0 aliphatic carbocycles. The van der Waals surface area contributed by atoms with E-state index in [0.717, 1.165) is 0 Å². The molecule has 0 heterocycles. The molecule has 19 nitrogen and oxygen atoms in total. The molecular formula is C43H75N11O8S2. The highest BCUT2D eigenvalue weighted by molar-refractivity contribution is 7.81. The highest BCUT2D eigenvalue weighted by atomic mass is 32.1. The van der Waals surface area contributed by atoms with Gasteiger partial charge in [0, 0.05) is 15.4 Å². The van der Waals surface area contributed by atoms with E-state index in [-0.39, 0.29) is 49.5 Å². The standard InChI is InChI=1S/C43H75N11O8S2/c1-24(2)19-34(42(61)48-26(5)37(56)50-31(36(47)55)13-7-10-16-44)53-40(59)32(14-8-11-17-45)51-38(57)27(6)49-43(62)35(20-25(3)4)54-41(60)33(15-9-12-18-46)52-39(58)28-21-29(63)23-30(64)22-28/h21-27,31-35,63-64H,7-20,44-46H2,1-6H3,(H2,47,55)(H,48,61)(H,49,62)(H,50,56)(H,51,57)(H,52,58)(H,53,59)(H,54,60). The molecule has 0 radical (unpaired) electrons. The van der Waals surface area contributed by atoms with Crippen LogP contribution in [-0.2, 0) is 33.6 Å². The number of rotatable bonds is 31. The fraction of sp³-hybridized carbons (Fsp3) is 0.674. The Bertz CT molecular complexity index is 1680. The smallest absolute Gasteiger partial charge is 0.252 e. The molecule has 64 heavy (non-hydrogen) atoms. The van der Waals surface area contributed by atoms with E-state index >= 15 is 0 Å². The zero-order chi connectivity index (χ0) is 48.5. The molecule has 0 aliphatic rings. The van der Waals surface area contributed by atoms with E-state index in [4.69, 9.17) is 22.9 Å². The lowest BCUT2D eigenvalue weighted by atomic mass is 10.0. The zero-order valence-electron chi connectivity index (χ0n) is 38.3. The normalized spacial score (nSPS) is 14.5. The van der Waals surface area contributed by atoms with Crippen LogP contribution in [0.3, 0.4) is 0 Å². The second kappa shape index (κ2) is 30.7. The molecule has 7 unspecified atom stereocenters. The lowest BCUT2D eigenvalue weighted by molar-refractivity contribution is -0.135. The summed E-state index contributed by atoms with van der Waals surface area (Å²) in [5, 5.41) is 18.7. The molecule has 0 aromatic heterocycles. The molecular weight excluding hydrogens is 863 g/mol. The van der Waals surface area contributed by atoms with E-state index in [1.54, 1.807) is 18.2 Å². The first-order valence-corrected chi connectivity index (χ1v) is 23.1. The van der Waals surface area contributed by atoms with Crippen molar-refractivity contribution in [2.75, 3.05) is 19.6 Å². The summed E-state index contributed by atoms with van der Waals surface area (Å²) in [6.07, 6.45) is 4.35. The molecule has 362 valence electrons. The van der Waals surface area contributed by atoms with Gasteiger partial charge in [0.25, 0.3) is 5.91 Å². The van der Waals surface area contributed by atoms with Crippen molar-refractivity contribution in [3.8, 4) is 0 Å². The largest absolute Gasteiger partial charge is 0.368 e. The first-order chi connectivity index (χ1) is 30.1. The molecule has 8 amide bonds. The maximum Gasteiger partial charge on any atom is 0.252 e. The second-order valence-electron chi connectivity index (χ2n) is 17.0. The molecule has 1 aromatic carbocycles. The number of nitrogens with two attached hydrogens (primary N) is 4. The number of nitrogens with one attached hydrogen (secondary N) is 7. The van der Waals surface area contributed by atoms with Gasteiger partial charge < -0.3 is 60.2 Å². The van der Waals surface area contributed by atoms with Crippen LogP contribution in [0.15, 0.2) is 28.0 Å². The van der Waals surface area contributed by atoms with Gasteiger partial charge in [0.05, 0.1) is 0 Å². The van der Waals surface area contributed by atoms with Gasteiger partial charge in [-0.25, -0.2) is 0 Å². The summed E-state index contributed by atoms with van der Waals surface area (Å²) in [5.74, 6) is -5.34. The summed E-state index contributed by atoms with van der Waals surface area (Å²) >= 11 is 8.63. The van der Waals surface area contributed by atoms with Crippen molar-refractivity contribution in [2.45, 2.75) is 164 Å². The van der Waals surface area contributed by atoms with Gasteiger partial charge in [-0.3, -0.25) is 38.4 Å². The molecule has 1 aromatic rings. The Kier molecular flexibility index (Phi) is 27.6. The summed E-state index contributed by atoms with van der Waals surface area (Å²) in [7, 11) is 0. The first kappa shape index (κ1) is 57.6. The zero-order valence-corrected chi connectivity index (χ0v) is 40.1. The molecule has 0 saturated heterocycles. The van der Waals surface area contributed by atoms with Crippen molar-refractivity contribution >= 4 is 72.5 Å². The third-order valence-electron chi connectivity index (χ3n) is 10.1. The monoisotopic (exact) mass is 938 g/mol. The maximum absolute atomic E-state index is 13.8. The number of thiol groups is 2. The summed E-state index contributed by atoms with van der Waals surface area (Å²) < 4.78 is 0. The Hall–Kier alpha value is -4.44. The quantitative estimate of drug-likeness (QED) is 0.0354. The topological polar surface area (TPSA) is 325 Å². The van der Waals surface area contributed by atoms with Crippen molar-refractivity contribution < 1.29 is 38.4 Å². The summed E-state index contributed by atoms with van der Waals surface area (Å²) in [5.41, 5.74) is 22.7. The summed E-state index contributed by atoms with van der Waals surface area (Å²) in [6, 6.07) is -2.84. The van der Waals surface area contributed by atoms with Crippen LogP contribution in [0.4, 0.5) is 0 Å². The number of carbonyl (C=O) groups excluding carboxylic acids is 8. The minimum absolute atomic E-state index is 0.0695. The number of benzene rings is 1. The molecule has 15 N–H and O–H groups in total. The Morgan fingerprint density at radius 2 is 0.781 bits per heavy atom. The number of primary amides is 1. The van der Waals surface area contributed by atoms with Crippen molar-refractivity contribution in [3.05, 3.63) is 23.8 Å². The van der Waals surface area contributed by atoms with Crippen molar-refractivity contribution in [1.29, 1.82) is 0 Å². The predicted molar refractivity (Wildman–Crippen MR) is 252 cm³/mol. The molecule has 7 atom stereocenters. The van der Waals surface area contributed by atoms with Crippen LogP contribution >= 0.6 is 25.3 Å². The Morgan fingerprint density at radius 1 is 0.453 bits per heavy atom. The van der Waals surface area contributed by atoms with Crippen LogP contribution in [0.5, 0.6) is 0 Å². The van der Waals surface area contributed by atoms with E-state index in [1.807, 2.05) is 27.7 Å². The van der Waals surface area contributed by atoms with Crippen LogP contribution in [0.1, 0.15) is 123 Å². The molecule has 21 heteroatoms. The highest BCUT2D eigenvalue weighted by Crippen LogP contribution is 2.17. The van der Waals surface area contributed by atoms with Crippen molar-refractivity contribution in [2.24, 2.45) is 34.8 Å². The predicted octanol–water partition coefficient (Wildman–Crippen LogP) is 0.276. The van der Waals surface area contributed by atoms with Crippen LogP contribution in [0.25, 0.3) is 0 Å². The van der Waals surface area contributed by atoms with E-state index in [1.165, 1.54) is 13.8 Å². The van der Waals surface area contributed by atoms with Gasteiger partial charge in [-0.05, 0) is 134 Å². The van der Waals surface area contributed by atoms with E-state index in [2.05, 4.69) is 62.5 Å². The van der Waals surface area contributed by atoms with Crippen molar-refractivity contribution in [1.82, 2.24) is 37.2 Å². The van der Waals surface area contributed by atoms with E-state index < -0.39 is 89.6 Å². The molecule has 0 spiro atoms. The first-order valence-electron chi connectivity index (χ1n) is 22.2. The van der Waals surface area contributed by atoms with Gasteiger partial charge in [0.15, 0.2) is 0 Å². The van der Waals surface area contributed by atoms with Gasteiger partial charge >= 0.3 is 0 Å². The van der Waals surface area contributed by atoms with Crippen LogP contribution in [0.2, 0.25) is 0 Å². The Morgan fingerprint density at radius 3 is 1.14 bits per heavy atom. The summed E-state index contributed by atoms with van der Waals surface area (Å²) in [6.45, 7) is 11.4. The third-order valence-corrected chi connectivity index (χ3v) is 10.6. The Labute approximate surface area is 389 Å². The number of carbonyl (C=O) groups is 8. The van der Waals surface area contributed by atoms with Crippen LogP contribution in [0, 0.1) is 11.8 Å². The van der Waals surface area contributed by atoms with Gasteiger partial charge in [-0.15, -0.1) is 25.3 Å². The van der Waals surface area contributed by atoms with Crippen LogP contribution in [-0.4, -0.2) is 109 Å². The van der Waals surface area contributed by atoms with Gasteiger partial charge in [0.2, 0.25) is 41.4 Å². The molecule has 0 fully saturated rings. The minimum Gasteiger partial charge on any atom is -0.368 e. The number of unbranched alkanes of at least 4 members (excludes halogenated alkanes) is 3. The third kappa shape index (κ3) is 22.5. The van der Waals surface area contributed by atoms with Crippen molar-refractivity contribution in [3.63, 3.8) is 0 Å². The maximum atomic E-state index is 13.8. The number of hydrogen-bond acceptors (Lipinski definition) is 13. The molecule has 0 aliphatic heterocycles. The fourth-order valence-electron chi connectivity index (χ4n) is 6.57. The number of hydrogen-bond donors (Lipinski definition) is 13. The number of amides is 8. The van der Waals surface area contributed by atoms with Crippen LogP contribution < -0.4 is 60.2 Å². The fourth-order valence-corrected chi connectivity index (χ4v) is 7.23. The average Bonchev–Trinajstić information content (AvgIpc) is 3.21. The summed E-state index contributed by atoms with van der Waals surface area (Å²) in [4.78, 5) is 108. The van der Waals surface area contributed by atoms with Gasteiger partial charge in [-0.1, -0.05) is 27.7 Å². The highest BCUT2D eigenvalue weighted by Gasteiger charge is 2.33. The molecule has 0 saturated carbocycles. The van der Waals surface area contributed by atoms with E-state index in [9.17, 15) is 38.4 Å². The van der Waals surface area contributed by atoms with Gasteiger partial charge in [-0.2, -0.15) is 0 Å².